The Morgan fingerprint density at radius 3 is 2.17 bits per heavy atom. The lowest BCUT2D eigenvalue weighted by molar-refractivity contribution is -0.189. The van der Waals surface area contributed by atoms with Crippen molar-refractivity contribution in [2.75, 3.05) is 26.2 Å². The zero-order valence-electron chi connectivity index (χ0n) is 11.5. The van der Waals surface area contributed by atoms with E-state index < -0.39 is 35.2 Å². The first-order chi connectivity index (χ1) is 9.73. The van der Waals surface area contributed by atoms with Gasteiger partial charge in [0.15, 0.2) is 11.6 Å². The Morgan fingerprint density at radius 2 is 1.70 bits per heavy atom. The highest BCUT2D eigenvalue weighted by Gasteiger charge is 2.48. The molecule has 0 aliphatic carbocycles. The lowest BCUT2D eigenvalue weighted by Crippen LogP contribution is -2.49. The van der Waals surface area contributed by atoms with Crippen LogP contribution in [0.25, 0.3) is 0 Å². The van der Waals surface area contributed by atoms with Gasteiger partial charge in [-0.2, -0.15) is 13.2 Å². The average molecular weight is 448 g/mol. The summed E-state index contributed by atoms with van der Waals surface area (Å²) in [5, 5.41) is 12.6. The Balaban J connectivity index is 0.00000242. The Bertz CT molecular complexity index is 515. The van der Waals surface area contributed by atoms with Crippen molar-refractivity contribution in [1.82, 2.24) is 10.2 Å². The Morgan fingerprint density at radius 1 is 1.17 bits per heavy atom. The van der Waals surface area contributed by atoms with E-state index in [9.17, 15) is 27.1 Å². The third-order valence-corrected chi connectivity index (χ3v) is 3.89. The van der Waals surface area contributed by atoms with Gasteiger partial charge in [-0.15, -0.1) is 24.8 Å². The first-order valence-electron chi connectivity index (χ1n) is 6.11. The van der Waals surface area contributed by atoms with Crippen molar-refractivity contribution in [3.05, 3.63) is 27.7 Å². The van der Waals surface area contributed by atoms with Crippen molar-refractivity contribution >= 4 is 40.7 Å². The molecule has 1 saturated heterocycles. The lowest BCUT2D eigenvalue weighted by Gasteiger charge is -2.36. The summed E-state index contributed by atoms with van der Waals surface area (Å²) in [6, 6.07) is -1.80. The van der Waals surface area contributed by atoms with Crippen molar-refractivity contribution in [3.63, 3.8) is 0 Å². The Labute approximate surface area is 150 Å². The zero-order chi connectivity index (χ0) is 15.8. The molecular weight excluding hydrogens is 434 g/mol. The lowest BCUT2D eigenvalue weighted by atomic mass is 10.0. The number of alkyl halides is 3. The number of aromatic hydroxyl groups is 1. The Hall–Kier alpha value is -0.350. The summed E-state index contributed by atoms with van der Waals surface area (Å²) in [4.78, 5) is 0.973. The second kappa shape index (κ2) is 8.66. The van der Waals surface area contributed by atoms with Gasteiger partial charge in [0.25, 0.3) is 0 Å². The molecule has 1 fully saturated rings. The maximum atomic E-state index is 13.9. The summed E-state index contributed by atoms with van der Waals surface area (Å²) in [5.74, 6) is -4.06. The van der Waals surface area contributed by atoms with Crippen molar-refractivity contribution in [3.8, 4) is 5.75 Å². The van der Waals surface area contributed by atoms with Gasteiger partial charge in [0.2, 0.25) is 0 Å². The molecule has 1 aliphatic rings. The fourth-order valence-electron chi connectivity index (χ4n) is 2.35. The van der Waals surface area contributed by atoms with Gasteiger partial charge in [0.05, 0.1) is 10.0 Å². The first kappa shape index (κ1) is 22.6. The van der Waals surface area contributed by atoms with E-state index in [0.717, 1.165) is 4.90 Å². The maximum Gasteiger partial charge on any atom is 0.408 e. The quantitative estimate of drug-likeness (QED) is 0.535. The zero-order valence-corrected chi connectivity index (χ0v) is 14.7. The van der Waals surface area contributed by atoms with E-state index in [1.54, 1.807) is 0 Å². The topological polar surface area (TPSA) is 35.5 Å². The molecular formula is C12H14BrCl2F5N2O. The normalized spacial score (nSPS) is 17.1. The number of phenols is 1. The fourth-order valence-corrected chi connectivity index (χ4v) is 2.76. The summed E-state index contributed by atoms with van der Waals surface area (Å²) in [6.07, 6.45) is -4.84. The van der Waals surface area contributed by atoms with E-state index in [4.69, 9.17) is 0 Å². The number of rotatable bonds is 2. The molecule has 1 heterocycles. The highest BCUT2D eigenvalue weighted by atomic mass is 79.9. The van der Waals surface area contributed by atoms with Crippen LogP contribution in [0, 0.1) is 11.6 Å². The molecule has 0 amide bonds. The molecule has 3 nitrogen and oxygen atoms in total. The number of nitrogens with one attached hydrogen (secondary N) is 1. The Kier molecular flexibility index (Phi) is 8.53. The van der Waals surface area contributed by atoms with Crippen LogP contribution in [0.3, 0.4) is 0 Å². The molecule has 0 unspecified atom stereocenters. The molecule has 23 heavy (non-hydrogen) atoms. The molecule has 0 spiro atoms. The minimum atomic E-state index is -4.84. The third kappa shape index (κ3) is 4.82. The number of hydrogen-bond donors (Lipinski definition) is 2. The van der Waals surface area contributed by atoms with E-state index in [-0.39, 0.29) is 42.4 Å². The smallest absolute Gasteiger partial charge is 0.408 e. The van der Waals surface area contributed by atoms with E-state index in [1.165, 1.54) is 0 Å². The predicted molar refractivity (Wildman–Crippen MR) is 83.5 cm³/mol. The van der Waals surface area contributed by atoms with Crippen LogP contribution in [-0.4, -0.2) is 42.4 Å². The van der Waals surface area contributed by atoms with Crippen molar-refractivity contribution in [2.24, 2.45) is 0 Å². The SMILES string of the molecule is Cl.Cl.Oc1c(Br)cc(F)c(F)c1[C@H](N1CCNCC1)C(F)(F)F. The number of halogens is 8. The van der Waals surface area contributed by atoms with Crippen molar-refractivity contribution < 1.29 is 27.1 Å². The molecule has 0 saturated carbocycles. The van der Waals surface area contributed by atoms with Gasteiger partial charge >= 0.3 is 6.18 Å². The summed E-state index contributed by atoms with van der Waals surface area (Å²) in [7, 11) is 0. The maximum absolute atomic E-state index is 13.9. The average Bonchev–Trinajstić information content (AvgIpc) is 2.41. The van der Waals surface area contributed by atoms with Crippen LogP contribution in [0.15, 0.2) is 10.5 Å². The number of benzene rings is 1. The summed E-state index contributed by atoms with van der Waals surface area (Å²) in [5.41, 5.74) is -1.09. The van der Waals surface area contributed by atoms with Crippen LogP contribution >= 0.6 is 40.7 Å². The second-order valence-electron chi connectivity index (χ2n) is 4.65. The summed E-state index contributed by atoms with van der Waals surface area (Å²) in [6.45, 7) is 0.616. The van der Waals surface area contributed by atoms with E-state index in [1.807, 2.05) is 0 Å². The van der Waals surface area contributed by atoms with E-state index in [0.29, 0.717) is 19.2 Å². The predicted octanol–water partition coefficient (Wildman–Crippen LogP) is 3.79. The van der Waals surface area contributed by atoms with Gasteiger partial charge in [-0.1, -0.05) is 0 Å². The molecule has 1 atom stereocenters. The monoisotopic (exact) mass is 446 g/mol. The third-order valence-electron chi connectivity index (χ3n) is 3.28. The number of nitrogens with zero attached hydrogens (tertiary/aromatic N) is 1. The van der Waals surface area contributed by atoms with E-state index in [2.05, 4.69) is 21.2 Å². The molecule has 1 aliphatic heterocycles. The second-order valence-corrected chi connectivity index (χ2v) is 5.50. The molecule has 0 aromatic heterocycles. The van der Waals surface area contributed by atoms with Crippen LogP contribution in [0.4, 0.5) is 22.0 Å². The standard InChI is InChI=1S/C12H12BrF5N2O.2ClH/c13-6-5-7(14)9(15)8(10(6)21)11(12(16,17)18)20-3-1-19-2-4-20;;/h5,11,19,21H,1-4H2;2*1H/t11-;;/m0../s1. The molecule has 0 radical (unpaired) electrons. The minimum Gasteiger partial charge on any atom is -0.506 e. The number of phenolic OH excluding ortho intramolecular Hbond substituents is 1. The van der Waals surface area contributed by atoms with Crippen molar-refractivity contribution in [1.29, 1.82) is 0 Å². The molecule has 1 aromatic carbocycles. The van der Waals surface area contributed by atoms with Gasteiger partial charge < -0.3 is 10.4 Å². The van der Waals surface area contributed by atoms with Crippen LogP contribution in [0.2, 0.25) is 0 Å². The molecule has 2 N–H and O–H groups in total. The van der Waals surface area contributed by atoms with Crippen LogP contribution in [-0.2, 0) is 0 Å². The van der Waals surface area contributed by atoms with E-state index >= 15 is 0 Å². The van der Waals surface area contributed by atoms with Gasteiger partial charge in [-0.3, -0.25) is 4.90 Å². The molecule has 134 valence electrons. The van der Waals surface area contributed by atoms with Gasteiger partial charge in [-0.25, -0.2) is 8.78 Å². The van der Waals surface area contributed by atoms with Crippen LogP contribution in [0.1, 0.15) is 11.6 Å². The number of hydrogen-bond acceptors (Lipinski definition) is 3. The number of piperazine rings is 1. The minimum absolute atomic E-state index is 0. The van der Waals surface area contributed by atoms with Crippen LogP contribution in [0.5, 0.6) is 5.75 Å². The van der Waals surface area contributed by atoms with Gasteiger partial charge in [0, 0.05) is 26.2 Å². The summed E-state index contributed by atoms with van der Waals surface area (Å²) >= 11 is 2.74. The fraction of sp³-hybridized carbons (Fsp3) is 0.500. The largest absolute Gasteiger partial charge is 0.506 e. The van der Waals surface area contributed by atoms with Gasteiger partial charge in [-0.05, 0) is 22.0 Å². The molecule has 0 bridgehead atoms. The van der Waals surface area contributed by atoms with Crippen molar-refractivity contribution in [2.45, 2.75) is 12.2 Å². The molecule has 11 heteroatoms. The summed E-state index contributed by atoms with van der Waals surface area (Å²) < 4.78 is 67.0. The highest BCUT2D eigenvalue weighted by molar-refractivity contribution is 9.10. The highest BCUT2D eigenvalue weighted by Crippen LogP contribution is 2.45. The molecule has 2 rings (SSSR count). The van der Waals surface area contributed by atoms with Crippen LogP contribution < -0.4 is 5.32 Å². The van der Waals surface area contributed by atoms with Gasteiger partial charge in [0.1, 0.15) is 11.8 Å². The molecule has 1 aromatic rings. The first-order valence-corrected chi connectivity index (χ1v) is 6.90.